The Morgan fingerprint density at radius 2 is 1.85 bits per heavy atom. The Bertz CT molecular complexity index is 1310. The minimum absolute atomic E-state index is 0.0488. The van der Waals surface area contributed by atoms with Crippen LogP contribution in [0.25, 0.3) is 34.3 Å². The van der Waals surface area contributed by atoms with Crippen molar-refractivity contribution in [2.75, 3.05) is 24.2 Å². The fourth-order valence-electron chi connectivity index (χ4n) is 3.05. The van der Waals surface area contributed by atoms with Crippen LogP contribution in [0.5, 0.6) is 0 Å². The lowest BCUT2D eigenvalue weighted by atomic mass is 9.90. The molecule has 0 aliphatic heterocycles. The summed E-state index contributed by atoms with van der Waals surface area (Å²) in [5, 5.41) is 29.6. The molecule has 166 valence electrons. The highest BCUT2D eigenvalue weighted by atomic mass is 16.4. The summed E-state index contributed by atoms with van der Waals surface area (Å²) in [7, 11) is 0. The van der Waals surface area contributed by atoms with E-state index in [9.17, 15) is 5.26 Å². The van der Waals surface area contributed by atoms with E-state index in [0.717, 1.165) is 16.8 Å². The summed E-state index contributed by atoms with van der Waals surface area (Å²) in [6, 6.07) is 13.2. The number of hydrogen-bond acceptors (Lipinski definition) is 10. The molecule has 33 heavy (non-hydrogen) atoms. The number of benzene rings is 1. The largest absolute Gasteiger partial charge is 0.414 e. The fraction of sp³-hybridized carbons (Fsp3) is 0.217. The third kappa shape index (κ3) is 4.63. The molecule has 0 radical (unpaired) electrons. The molecule has 3 heterocycles. The van der Waals surface area contributed by atoms with Crippen LogP contribution in [0, 0.1) is 11.3 Å². The molecule has 4 rings (SSSR count). The average molecular weight is 442 g/mol. The van der Waals surface area contributed by atoms with Crippen LogP contribution < -0.4 is 11.1 Å². The quantitative estimate of drug-likeness (QED) is 0.388. The zero-order chi connectivity index (χ0) is 23.4. The molecule has 1 aromatic carbocycles. The van der Waals surface area contributed by atoms with Crippen LogP contribution >= 0.6 is 0 Å². The first-order valence-corrected chi connectivity index (χ1v) is 10.2. The highest BCUT2D eigenvalue weighted by Crippen LogP contribution is 2.29. The lowest BCUT2D eigenvalue weighted by molar-refractivity contribution is 0.311. The Kier molecular flexibility index (Phi) is 5.97. The molecule has 0 atom stereocenters. The Labute approximate surface area is 190 Å². The van der Waals surface area contributed by atoms with E-state index in [4.69, 9.17) is 15.3 Å². The molecule has 0 aliphatic carbocycles. The van der Waals surface area contributed by atoms with E-state index in [-0.39, 0.29) is 24.0 Å². The monoisotopic (exact) mass is 442 g/mol. The van der Waals surface area contributed by atoms with Crippen molar-refractivity contribution in [3.05, 3.63) is 54.5 Å². The zero-order valence-electron chi connectivity index (χ0n) is 18.1. The maximum atomic E-state index is 9.41. The van der Waals surface area contributed by atoms with Crippen molar-refractivity contribution in [3.63, 3.8) is 0 Å². The smallest absolute Gasteiger partial charge is 0.270 e. The van der Waals surface area contributed by atoms with Crippen molar-refractivity contribution in [1.29, 1.82) is 5.26 Å². The number of aliphatic hydroxyl groups is 1. The number of nitrogens with zero attached hydrogens (tertiary/aromatic N) is 6. The lowest BCUT2D eigenvalue weighted by Crippen LogP contribution is -2.15. The third-order valence-electron chi connectivity index (χ3n) is 4.98. The Hall–Kier alpha value is -4.36. The normalized spacial score (nSPS) is 11.2. The van der Waals surface area contributed by atoms with Gasteiger partial charge in [0.15, 0.2) is 11.5 Å². The Morgan fingerprint density at radius 1 is 1.09 bits per heavy atom. The average Bonchev–Trinajstić information content (AvgIpc) is 3.33. The van der Waals surface area contributed by atoms with E-state index in [1.165, 1.54) is 0 Å². The first-order valence-electron chi connectivity index (χ1n) is 10.2. The van der Waals surface area contributed by atoms with Gasteiger partial charge >= 0.3 is 0 Å². The van der Waals surface area contributed by atoms with E-state index in [2.05, 4.69) is 36.5 Å². The lowest BCUT2D eigenvalue weighted by Gasteiger charge is -2.15. The Morgan fingerprint density at radius 3 is 2.58 bits per heavy atom. The number of nitriles is 1. The first-order chi connectivity index (χ1) is 15.9. The minimum Gasteiger partial charge on any atom is -0.414 e. The summed E-state index contributed by atoms with van der Waals surface area (Å²) < 4.78 is 5.82. The van der Waals surface area contributed by atoms with Crippen LogP contribution in [-0.2, 0) is 5.41 Å². The van der Waals surface area contributed by atoms with E-state index in [0.29, 0.717) is 23.8 Å². The topological polar surface area (TPSA) is 160 Å². The van der Waals surface area contributed by atoms with Crippen molar-refractivity contribution in [3.8, 4) is 40.4 Å². The first kappa shape index (κ1) is 21.9. The van der Waals surface area contributed by atoms with E-state index in [1.54, 1.807) is 38.4 Å². The summed E-state index contributed by atoms with van der Waals surface area (Å²) in [6.07, 6.45) is 3.18. The molecule has 0 amide bonds. The van der Waals surface area contributed by atoms with Gasteiger partial charge in [-0.15, -0.1) is 10.2 Å². The molecule has 3 aromatic heterocycles. The molecular formula is C23H22N8O2. The van der Waals surface area contributed by atoms with Crippen molar-refractivity contribution in [1.82, 2.24) is 25.1 Å². The number of nitrogen functional groups attached to an aromatic ring is 1. The summed E-state index contributed by atoms with van der Waals surface area (Å²) >= 11 is 0. The van der Waals surface area contributed by atoms with Gasteiger partial charge in [-0.25, -0.2) is 9.97 Å². The molecule has 0 spiro atoms. The van der Waals surface area contributed by atoms with Crippen molar-refractivity contribution in [2.24, 2.45) is 0 Å². The second kappa shape index (κ2) is 9.02. The van der Waals surface area contributed by atoms with Crippen molar-refractivity contribution >= 4 is 11.5 Å². The van der Waals surface area contributed by atoms with E-state index < -0.39 is 5.41 Å². The zero-order valence-corrected chi connectivity index (χ0v) is 18.1. The van der Waals surface area contributed by atoms with Gasteiger partial charge in [-0.1, -0.05) is 0 Å². The van der Waals surface area contributed by atoms with Gasteiger partial charge in [0.2, 0.25) is 5.89 Å². The molecule has 0 saturated heterocycles. The van der Waals surface area contributed by atoms with Gasteiger partial charge in [0.25, 0.3) is 5.89 Å². The van der Waals surface area contributed by atoms with Gasteiger partial charge in [0.05, 0.1) is 35.7 Å². The number of pyridine rings is 1. The molecule has 0 fully saturated rings. The fourth-order valence-corrected chi connectivity index (χ4v) is 3.05. The van der Waals surface area contributed by atoms with Crippen LogP contribution in [0.2, 0.25) is 0 Å². The summed E-state index contributed by atoms with van der Waals surface area (Å²) in [6.45, 7) is 4.11. The maximum Gasteiger partial charge on any atom is 0.270 e. The van der Waals surface area contributed by atoms with Crippen molar-refractivity contribution in [2.45, 2.75) is 19.3 Å². The molecule has 0 bridgehead atoms. The third-order valence-corrected chi connectivity index (χ3v) is 4.98. The molecule has 4 aromatic rings. The van der Waals surface area contributed by atoms with Crippen LogP contribution in [0.1, 0.15) is 19.5 Å². The molecule has 0 unspecified atom stereocenters. The van der Waals surface area contributed by atoms with E-state index >= 15 is 0 Å². The molecule has 10 nitrogen and oxygen atoms in total. The minimum atomic E-state index is -0.745. The molecule has 4 N–H and O–H groups in total. The summed E-state index contributed by atoms with van der Waals surface area (Å²) in [5.41, 5.74) is 9.07. The number of aromatic nitrogens is 5. The number of nitrogens with two attached hydrogens (primary N) is 1. The summed E-state index contributed by atoms with van der Waals surface area (Å²) in [5.74, 6) is 0.613. The number of hydrogen-bond donors (Lipinski definition) is 3. The predicted octanol–water partition coefficient (Wildman–Crippen LogP) is 3.04. The standard InChI is InChI=1S/C23H22N8O2/c1-23(2,13-24)18-11-15(7-8-27-18)17-12-28-20(25)19(29-17)22-31-30-21(33-22)14-3-5-16(6-4-14)26-9-10-32/h3-8,11-12,26,32H,9-10H2,1-2H3,(H2,25,28). The van der Waals surface area contributed by atoms with E-state index in [1.807, 2.05) is 24.3 Å². The van der Waals surface area contributed by atoms with Crippen LogP contribution in [0.15, 0.2) is 53.2 Å². The maximum absolute atomic E-state index is 9.41. The molecule has 0 aliphatic rings. The predicted molar refractivity (Wildman–Crippen MR) is 123 cm³/mol. The van der Waals surface area contributed by atoms with Gasteiger partial charge in [0, 0.05) is 29.6 Å². The second-order valence-electron chi connectivity index (χ2n) is 7.80. The molecule has 10 heteroatoms. The van der Waals surface area contributed by atoms with Gasteiger partial charge in [-0.3, -0.25) is 4.98 Å². The highest BCUT2D eigenvalue weighted by Gasteiger charge is 2.22. The second-order valence-corrected chi connectivity index (χ2v) is 7.80. The number of nitrogens with one attached hydrogen (secondary N) is 1. The summed E-state index contributed by atoms with van der Waals surface area (Å²) in [4.78, 5) is 13.1. The highest BCUT2D eigenvalue weighted by molar-refractivity contribution is 5.69. The van der Waals surface area contributed by atoms with Crippen molar-refractivity contribution < 1.29 is 9.52 Å². The number of anilines is 2. The van der Waals surface area contributed by atoms with Gasteiger partial charge in [-0.2, -0.15) is 5.26 Å². The van der Waals surface area contributed by atoms with Crippen LogP contribution in [0.3, 0.4) is 0 Å². The SMILES string of the molecule is CC(C)(C#N)c1cc(-c2cnc(N)c(-c3nnc(-c4ccc(NCCO)cc4)o3)n2)ccn1. The van der Waals surface area contributed by atoms with Crippen LogP contribution in [0.4, 0.5) is 11.5 Å². The van der Waals surface area contributed by atoms with Crippen LogP contribution in [-0.4, -0.2) is 43.4 Å². The van der Waals surface area contributed by atoms with Gasteiger partial charge in [-0.05, 0) is 50.2 Å². The Balaban J connectivity index is 1.64. The van der Waals surface area contributed by atoms with Gasteiger partial charge in [0.1, 0.15) is 0 Å². The molecular weight excluding hydrogens is 420 g/mol. The molecule has 0 saturated carbocycles. The number of rotatable bonds is 7. The number of aliphatic hydroxyl groups excluding tert-OH is 1. The van der Waals surface area contributed by atoms with Gasteiger partial charge < -0.3 is 20.6 Å².